The molecule has 1 aliphatic rings. The molecule has 1 atom stereocenters. The van der Waals surface area contributed by atoms with Crippen molar-refractivity contribution >= 4 is 23.4 Å². The molecule has 2 aromatic rings. The molecule has 144 valence electrons. The average molecular weight is 395 g/mol. The Bertz CT molecular complexity index is 795. The fourth-order valence-electron chi connectivity index (χ4n) is 3.03. The van der Waals surface area contributed by atoms with Crippen LogP contribution in [-0.4, -0.2) is 52.9 Å². The van der Waals surface area contributed by atoms with Gasteiger partial charge in [-0.3, -0.25) is 14.5 Å². The van der Waals surface area contributed by atoms with Crippen LogP contribution in [0.2, 0.25) is 5.02 Å². The molecule has 1 aromatic heterocycles. The van der Waals surface area contributed by atoms with Gasteiger partial charge >= 0.3 is 0 Å². The maximum atomic E-state index is 14.1. The van der Waals surface area contributed by atoms with Gasteiger partial charge in [0.05, 0.1) is 19.0 Å². The highest BCUT2D eigenvalue weighted by molar-refractivity contribution is 6.31. The van der Waals surface area contributed by atoms with Crippen molar-refractivity contribution in [2.24, 2.45) is 0 Å². The lowest BCUT2D eigenvalue weighted by molar-refractivity contribution is -0.138. The summed E-state index contributed by atoms with van der Waals surface area (Å²) < 4.78 is 18.9. The minimum absolute atomic E-state index is 0.0216. The molecule has 1 fully saturated rings. The summed E-state index contributed by atoms with van der Waals surface area (Å²) in [7, 11) is 1.63. The van der Waals surface area contributed by atoms with Crippen LogP contribution in [0.4, 0.5) is 4.39 Å². The third-order valence-corrected chi connectivity index (χ3v) is 4.90. The molecule has 0 spiro atoms. The summed E-state index contributed by atoms with van der Waals surface area (Å²) in [6, 6.07) is 5.45. The number of nitrogens with one attached hydrogen (secondary N) is 1. The summed E-state index contributed by atoms with van der Waals surface area (Å²) in [5.41, 5.74) is 0.941. The first-order chi connectivity index (χ1) is 13.0. The molecule has 1 aromatic carbocycles. The topological polar surface area (TPSA) is 78.7 Å². The first kappa shape index (κ1) is 19.3. The SMILES string of the molecule is CN(Cc1ccon1)C(=O)CC1C(=O)NCCN1Cc1c(F)cccc1Cl. The van der Waals surface area contributed by atoms with Crippen molar-refractivity contribution in [1.29, 1.82) is 0 Å². The Balaban J connectivity index is 1.70. The van der Waals surface area contributed by atoms with E-state index in [0.29, 0.717) is 29.4 Å². The molecule has 2 heterocycles. The van der Waals surface area contributed by atoms with Gasteiger partial charge in [0.1, 0.15) is 17.8 Å². The predicted molar refractivity (Wildman–Crippen MR) is 96.2 cm³/mol. The minimum Gasteiger partial charge on any atom is -0.364 e. The van der Waals surface area contributed by atoms with E-state index >= 15 is 0 Å². The van der Waals surface area contributed by atoms with Crippen LogP contribution < -0.4 is 5.32 Å². The van der Waals surface area contributed by atoms with Crippen molar-refractivity contribution in [3.8, 4) is 0 Å². The van der Waals surface area contributed by atoms with Gasteiger partial charge in [-0.15, -0.1) is 0 Å². The monoisotopic (exact) mass is 394 g/mol. The molecule has 2 amide bonds. The Morgan fingerprint density at radius 1 is 1.48 bits per heavy atom. The quantitative estimate of drug-likeness (QED) is 0.808. The molecule has 27 heavy (non-hydrogen) atoms. The van der Waals surface area contributed by atoms with Gasteiger partial charge in [0.2, 0.25) is 11.8 Å². The predicted octanol–water partition coefficient (Wildman–Crippen LogP) is 1.82. The molecule has 1 N–H and O–H groups in total. The van der Waals surface area contributed by atoms with Crippen molar-refractivity contribution in [2.75, 3.05) is 20.1 Å². The number of nitrogens with zero attached hydrogens (tertiary/aromatic N) is 3. The zero-order chi connectivity index (χ0) is 19.4. The second-order valence-corrected chi connectivity index (χ2v) is 6.83. The van der Waals surface area contributed by atoms with E-state index in [-0.39, 0.29) is 31.3 Å². The van der Waals surface area contributed by atoms with E-state index < -0.39 is 11.9 Å². The van der Waals surface area contributed by atoms with Gasteiger partial charge < -0.3 is 14.7 Å². The van der Waals surface area contributed by atoms with E-state index in [1.165, 1.54) is 23.3 Å². The van der Waals surface area contributed by atoms with E-state index in [0.717, 1.165) is 0 Å². The Labute approximate surface area is 161 Å². The van der Waals surface area contributed by atoms with Gasteiger partial charge in [0.15, 0.2) is 0 Å². The van der Waals surface area contributed by atoms with Crippen LogP contribution in [0.1, 0.15) is 17.7 Å². The third kappa shape index (κ3) is 4.64. The van der Waals surface area contributed by atoms with Crippen LogP contribution >= 0.6 is 11.6 Å². The summed E-state index contributed by atoms with van der Waals surface area (Å²) in [4.78, 5) is 28.2. The lowest BCUT2D eigenvalue weighted by Gasteiger charge is -2.35. The van der Waals surface area contributed by atoms with E-state index in [2.05, 4.69) is 10.5 Å². The molecule has 9 heteroatoms. The molecular formula is C18H20ClFN4O3. The van der Waals surface area contributed by atoms with Crippen molar-refractivity contribution in [2.45, 2.75) is 25.6 Å². The number of rotatable bonds is 6. The first-order valence-electron chi connectivity index (χ1n) is 8.53. The first-order valence-corrected chi connectivity index (χ1v) is 8.91. The Kier molecular flexibility index (Phi) is 6.08. The number of carbonyl (C=O) groups excluding carboxylic acids is 2. The van der Waals surface area contributed by atoms with Crippen LogP contribution in [0.25, 0.3) is 0 Å². The number of carbonyl (C=O) groups is 2. The second-order valence-electron chi connectivity index (χ2n) is 6.42. The minimum atomic E-state index is -0.693. The average Bonchev–Trinajstić information content (AvgIpc) is 3.13. The zero-order valence-electron chi connectivity index (χ0n) is 14.8. The van der Waals surface area contributed by atoms with Gasteiger partial charge in [0.25, 0.3) is 0 Å². The molecule has 1 unspecified atom stereocenters. The number of hydrogen-bond acceptors (Lipinski definition) is 5. The molecule has 0 saturated carbocycles. The number of benzene rings is 1. The lowest BCUT2D eigenvalue weighted by Crippen LogP contribution is -2.56. The third-order valence-electron chi connectivity index (χ3n) is 4.55. The largest absolute Gasteiger partial charge is 0.364 e. The van der Waals surface area contributed by atoms with Gasteiger partial charge in [-0.05, 0) is 12.1 Å². The summed E-state index contributed by atoms with van der Waals surface area (Å²) in [5.74, 6) is -0.900. The van der Waals surface area contributed by atoms with Crippen LogP contribution in [0.5, 0.6) is 0 Å². The molecular weight excluding hydrogens is 375 g/mol. The lowest BCUT2D eigenvalue weighted by atomic mass is 10.1. The van der Waals surface area contributed by atoms with Crippen LogP contribution in [-0.2, 0) is 22.7 Å². The van der Waals surface area contributed by atoms with Crippen molar-refractivity contribution in [3.05, 3.63) is 52.6 Å². The van der Waals surface area contributed by atoms with E-state index in [1.54, 1.807) is 24.1 Å². The summed E-state index contributed by atoms with van der Waals surface area (Å²) in [6.45, 7) is 1.37. The highest BCUT2D eigenvalue weighted by Gasteiger charge is 2.33. The normalized spacial score (nSPS) is 17.6. The van der Waals surface area contributed by atoms with Gasteiger partial charge in [0, 0.05) is 43.3 Å². The number of piperazine rings is 1. The zero-order valence-corrected chi connectivity index (χ0v) is 15.6. The summed E-state index contributed by atoms with van der Waals surface area (Å²) >= 11 is 6.11. The maximum Gasteiger partial charge on any atom is 0.237 e. The Hall–Kier alpha value is -2.45. The Morgan fingerprint density at radius 3 is 3.00 bits per heavy atom. The molecule has 0 radical (unpaired) electrons. The second kappa shape index (κ2) is 8.49. The molecule has 0 aliphatic carbocycles. The van der Waals surface area contributed by atoms with Crippen LogP contribution in [0.15, 0.2) is 35.1 Å². The van der Waals surface area contributed by atoms with E-state index in [9.17, 15) is 14.0 Å². The van der Waals surface area contributed by atoms with Gasteiger partial charge in [-0.25, -0.2) is 4.39 Å². The molecule has 1 aliphatic heterocycles. The number of hydrogen-bond donors (Lipinski definition) is 1. The van der Waals surface area contributed by atoms with Crippen molar-refractivity contribution in [3.63, 3.8) is 0 Å². The number of halogens is 2. The summed E-state index contributed by atoms with van der Waals surface area (Å²) in [5, 5.41) is 6.84. The van der Waals surface area contributed by atoms with Gasteiger partial charge in [-0.2, -0.15) is 0 Å². The fourth-order valence-corrected chi connectivity index (χ4v) is 3.25. The van der Waals surface area contributed by atoms with Crippen molar-refractivity contribution in [1.82, 2.24) is 20.3 Å². The summed E-state index contributed by atoms with van der Waals surface area (Å²) in [6.07, 6.45) is 1.41. The van der Waals surface area contributed by atoms with Crippen molar-refractivity contribution < 1.29 is 18.5 Å². The molecule has 1 saturated heterocycles. The Morgan fingerprint density at radius 2 is 2.30 bits per heavy atom. The van der Waals surface area contributed by atoms with Crippen LogP contribution in [0, 0.1) is 5.82 Å². The fraction of sp³-hybridized carbons (Fsp3) is 0.389. The van der Waals surface area contributed by atoms with E-state index in [4.69, 9.17) is 16.1 Å². The number of amides is 2. The maximum absolute atomic E-state index is 14.1. The smallest absolute Gasteiger partial charge is 0.237 e. The molecule has 3 rings (SSSR count). The highest BCUT2D eigenvalue weighted by atomic mass is 35.5. The highest BCUT2D eigenvalue weighted by Crippen LogP contribution is 2.23. The van der Waals surface area contributed by atoms with E-state index in [1.807, 2.05) is 0 Å². The molecule has 0 bridgehead atoms. The van der Waals surface area contributed by atoms with Gasteiger partial charge in [-0.1, -0.05) is 22.8 Å². The van der Waals surface area contributed by atoms with Crippen LogP contribution in [0.3, 0.4) is 0 Å². The molecule has 7 nitrogen and oxygen atoms in total. The standard InChI is InChI=1S/C18H20ClFN4O3/c1-23(10-12-5-8-27-22-12)17(25)9-16-18(26)21-6-7-24(16)11-13-14(19)3-2-4-15(13)20/h2-5,8,16H,6-7,9-11H2,1H3,(H,21,26). The number of aromatic nitrogens is 1.